The molecule has 0 aromatic carbocycles. The van der Waals surface area contributed by atoms with Crippen molar-refractivity contribution < 1.29 is 0 Å². The third kappa shape index (κ3) is 8.97. The molecule has 0 aliphatic rings. The van der Waals surface area contributed by atoms with E-state index in [9.17, 15) is 0 Å². The molecular weight excluding hydrogens is 134 g/mol. The first-order valence-corrected chi connectivity index (χ1v) is 4.08. The number of allylic oxidation sites excluding steroid dienone is 4. The Balaban J connectivity index is 0. The van der Waals surface area contributed by atoms with Gasteiger partial charge in [-0.1, -0.05) is 32.9 Å². The van der Waals surface area contributed by atoms with Crippen molar-refractivity contribution in [3.63, 3.8) is 0 Å². The van der Waals surface area contributed by atoms with Crippen LogP contribution in [0.2, 0.25) is 0 Å². The van der Waals surface area contributed by atoms with E-state index in [1.807, 2.05) is 45.9 Å². The fourth-order valence-corrected chi connectivity index (χ4v) is 0.550. The number of hydrogen-bond acceptors (Lipinski definition) is 1. The molecule has 0 amide bonds. The van der Waals surface area contributed by atoms with Crippen LogP contribution in [0.15, 0.2) is 23.8 Å². The molecule has 1 heteroatoms. The van der Waals surface area contributed by atoms with Gasteiger partial charge in [0.15, 0.2) is 0 Å². The summed E-state index contributed by atoms with van der Waals surface area (Å²) in [7, 11) is 0. The van der Waals surface area contributed by atoms with Gasteiger partial charge in [0.1, 0.15) is 0 Å². The molecule has 0 radical (unpaired) electrons. The normalized spacial score (nSPS) is 10.3. The van der Waals surface area contributed by atoms with Gasteiger partial charge in [-0.05, 0) is 19.4 Å². The monoisotopic (exact) mass is 151 g/mol. The van der Waals surface area contributed by atoms with Crippen LogP contribution in [0.25, 0.3) is 0 Å². The SMILES string of the molecule is C/C=C/C(C#N)=C\CC.CC. The van der Waals surface area contributed by atoms with Crippen molar-refractivity contribution in [2.24, 2.45) is 0 Å². The van der Waals surface area contributed by atoms with Crippen LogP contribution in [0.1, 0.15) is 34.1 Å². The van der Waals surface area contributed by atoms with E-state index < -0.39 is 0 Å². The predicted molar refractivity (Wildman–Crippen MR) is 50.1 cm³/mol. The molecule has 0 aromatic rings. The minimum Gasteiger partial charge on any atom is -0.192 e. The zero-order valence-electron chi connectivity index (χ0n) is 7.89. The molecule has 0 heterocycles. The molecule has 1 nitrogen and oxygen atoms in total. The van der Waals surface area contributed by atoms with Crippen LogP contribution in [0, 0.1) is 11.3 Å². The minimum absolute atomic E-state index is 0.750. The van der Waals surface area contributed by atoms with E-state index in [-0.39, 0.29) is 0 Å². The Morgan fingerprint density at radius 3 is 2.27 bits per heavy atom. The Labute approximate surface area is 70.0 Å². The maximum Gasteiger partial charge on any atom is 0.0988 e. The standard InChI is InChI=1S/C8H11N.C2H6/c1-3-5-8(7-9)6-4-2;1-2/h3,5-6H,4H2,1-2H3;1-2H3/b5-3+,8-6+;. The summed E-state index contributed by atoms with van der Waals surface area (Å²) in [6.07, 6.45) is 6.50. The molecule has 11 heavy (non-hydrogen) atoms. The van der Waals surface area contributed by atoms with Gasteiger partial charge in [0.25, 0.3) is 0 Å². The van der Waals surface area contributed by atoms with Crippen LogP contribution in [0.4, 0.5) is 0 Å². The van der Waals surface area contributed by atoms with E-state index in [1.165, 1.54) is 0 Å². The van der Waals surface area contributed by atoms with Crippen LogP contribution >= 0.6 is 0 Å². The van der Waals surface area contributed by atoms with E-state index >= 15 is 0 Å². The molecule has 0 aliphatic carbocycles. The van der Waals surface area contributed by atoms with Gasteiger partial charge in [-0.25, -0.2) is 0 Å². The van der Waals surface area contributed by atoms with E-state index in [1.54, 1.807) is 0 Å². The molecule has 0 spiro atoms. The van der Waals surface area contributed by atoms with Crippen LogP contribution < -0.4 is 0 Å². The summed E-state index contributed by atoms with van der Waals surface area (Å²) >= 11 is 0. The lowest BCUT2D eigenvalue weighted by Gasteiger charge is -1.82. The highest BCUT2D eigenvalue weighted by Crippen LogP contribution is 1.95. The highest BCUT2D eigenvalue weighted by molar-refractivity contribution is 5.31. The number of rotatable bonds is 2. The van der Waals surface area contributed by atoms with E-state index in [0.29, 0.717) is 0 Å². The lowest BCUT2D eigenvalue weighted by Crippen LogP contribution is -1.68. The van der Waals surface area contributed by atoms with Crippen molar-refractivity contribution >= 4 is 0 Å². The molecule has 0 aliphatic heterocycles. The van der Waals surface area contributed by atoms with E-state index in [0.717, 1.165) is 12.0 Å². The first-order chi connectivity index (χ1) is 5.35. The third-order valence-electron chi connectivity index (χ3n) is 0.899. The average molecular weight is 151 g/mol. The Morgan fingerprint density at radius 2 is 2.00 bits per heavy atom. The van der Waals surface area contributed by atoms with Crippen LogP contribution in [0.5, 0.6) is 0 Å². The first kappa shape index (κ1) is 12.6. The first-order valence-electron chi connectivity index (χ1n) is 4.08. The maximum absolute atomic E-state index is 8.42. The second kappa shape index (κ2) is 11.7. The molecule has 0 atom stereocenters. The Hall–Kier alpha value is -1.03. The second-order valence-electron chi connectivity index (χ2n) is 1.68. The fraction of sp³-hybridized carbons (Fsp3) is 0.500. The summed E-state index contributed by atoms with van der Waals surface area (Å²) in [5.41, 5.74) is 0.750. The van der Waals surface area contributed by atoms with Gasteiger partial charge < -0.3 is 0 Å². The second-order valence-corrected chi connectivity index (χ2v) is 1.68. The Morgan fingerprint density at radius 1 is 1.45 bits per heavy atom. The van der Waals surface area contributed by atoms with Crippen molar-refractivity contribution in [2.75, 3.05) is 0 Å². The van der Waals surface area contributed by atoms with Crippen molar-refractivity contribution in [1.82, 2.24) is 0 Å². The van der Waals surface area contributed by atoms with Gasteiger partial charge in [-0.2, -0.15) is 5.26 Å². The van der Waals surface area contributed by atoms with Gasteiger partial charge in [0.05, 0.1) is 6.07 Å². The van der Waals surface area contributed by atoms with Crippen molar-refractivity contribution in [2.45, 2.75) is 34.1 Å². The van der Waals surface area contributed by atoms with Gasteiger partial charge in [0.2, 0.25) is 0 Å². The van der Waals surface area contributed by atoms with Crippen molar-refractivity contribution in [1.29, 1.82) is 5.26 Å². The summed E-state index contributed by atoms with van der Waals surface area (Å²) in [5, 5.41) is 8.42. The van der Waals surface area contributed by atoms with Gasteiger partial charge in [-0.3, -0.25) is 0 Å². The van der Waals surface area contributed by atoms with Gasteiger partial charge >= 0.3 is 0 Å². The van der Waals surface area contributed by atoms with E-state index in [4.69, 9.17) is 5.26 Å². The van der Waals surface area contributed by atoms with Gasteiger partial charge in [-0.15, -0.1) is 0 Å². The predicted octanol–water partition coefficient (Wildman–Crippen LogP) is 3.45. The molecule has 0 saturated carbocycles. The van der Waals surface area contributed by atoms with E-state index in [2.05, 4.69) is 6.07 Å². The summed E-state index contributed by atoms with van der Waals surface area (Å²) in [5.74, 6) is 0. The average Bonchev–Trinajstić information content (AvgIpc) is 2.08. The van der Waals surface area contributed by atoms with Crippen LogP contribution in [-0.4, -0.2) is 0 Å². The summed E-state index contributed by atoms with van der Waals surface area (Å²) < 4.78 is 0. The largest absolute Gasteiger partial charge is 0.192 e. The summed E-state index contributed by atoms with van der Waals surface area (Å²) in [6, 6.07) is 2.08. The van der Waals surface area contributed by atoms with Gasteiger partial charge in [0, 0.05) is 5.57 Å². The molecule has 0 fully saturated rings. The Kier molecular flexibility index (Phi) is 13.5. The molecule has 0 aromatic heterocycles. The summed E-state index contributed by atoms with van der Waals surface area (Å²) in [6.45, 7) is 7.92. The summed E-state index contributed by atoms with van der Waals surface area (Å²) in [4.78, 5) is 0. The Bertz CT molecular complexity index is 158. The molecule has 62 valence electrons. The van der Waals surface area contributed by atoms with Crippen LogP contribution in [-0.2, 0) is 0 Å². The third-order valence-corrected chi connectivity index (χ3v) is 0.899. The highest BCUT2D eigenvalue weighted by Gasteiger charge is 1.82. The molecule has 0 bridgehead atoms. The maximum atomic E-state index is 8.42. The molecule has 0 rings (SSSR count). The smallest absolute Gasteiger partial charge is 0.0988 e. The number of hydrogen-bond donors (Lipinski definition) is 0. The number of nitriles is 1. The number of nitrogens with zero attached hydrogens (tertiary/aromatic N) is 1. The fourth-order valence-electron chi connectivity index (χ4n) is 0.550. The molecule has 0 unspecified atom stereocenters. The minimum atomic E-state index is 0.750. The molecule has 0 saturated heterocycles. The molecular formula is C10H17N. The van der Waals surface area contributed by atoms with Crippen molar-refractivity contribution in [3.8, 4) is 6.07 Å². The molecule has 0 N–H and O–H groups in total. The highest BCUT2D eigenvalue weighted by atomic mass is 14.2. The lowest BCUT2D eigenvalue weighted by molar-refractivity contribution is 1.21. The van der Waals surface area contributed by atoms with Crippen molar-refractivity contribution in [3.05, 3.63) is 23.8 Å². The van der Waals surface area contributed by atoms with Crippen LogP contribution in [0.3, 0.4) is 0 Å². The quantitative estimate of drug-likeness (QED) is 0.438. The lowest BCUT2D eigenvalue weighted by atomic mass is 10.2. The zero-order chi connectivity index (χ0) is 9.11. The zero-order valence-corrected chi connectivity index (χ0v) is 7.89. The topological polar surface area (TPSA) is 23.8 Å².